The lowest BCUT2D eigenvalue weighted by Gasteiger charge is -2.10. The Morgan fingerprint density at radius 1 is 0.735 bits per heavy atom. The molecule has 172 valence electrons. The van der Waals surface area contributed by atoms with E-state index in [2.05, 4.69) is 16.0 Å². The normalized spacial score (nSPS) is 10.6. The van der Waals surface area contributed by atoms with Crippen LogP contribution in [0.15, 0.2) is 89.5 Å². The molecule has 4 rings (SSSR count). The highest BCUT2D eigenvalue weighted by molar-refractivity contribution is 5.94. The van der Waals surface area contributed by atoms with Crippen LogP contribution in [-0.2, 0) is 29.1 Å². The van der Waals surface area contributed by atoms with Crippen LogP contribution in [-0.4, -0.2) is 24.3 Å². The number of carbonyl (C=O) groups excluding carboxylic acids is 3. The molecule has 34 heavy (non-hydrogen) atoms. The minimum atomic E-state index is -0.307. The molecule has 3 amide bonds. The average Bonchev–Trinajstić information content (AvgIpc) is 3.39. The van der Waals surface area contributed by atoms with Crippen molar-refractivity contribution in [2.24, 2.45) is 0 Å². The van der Waals surface area contributed by atoms with E-state index < -0.39 is 0 Å². The summed E-state index contributed by atoms with van der Waals surface area (Å²) < 4.78 is 5.21. The molecule has 7 heteroatoms. The van der Waals surface area contributed by atoms with Crippen molar-refractivity contribution in [3.05, 3.63) is 108 Å². The van der Waals surface area contributed by atoms with Gasteiger partial charge in [-0.15, -0.1) is 0 Å². The zero-order chi connectivity index (χ0) is 23.8. The number of nitrogens with one attached hydrogen (secondary N) is 3. The predicted molar refractivity (Wildman–Crippen MR) is 129 cm³/mol. The van der Waals surface area contributed by atoms with Crippen LogP contribution in [0.5, 0.6) is 0 Å². The molecule has 0 aliphatic heterocycles. The third-order valence-electron chi connectivity index (χ3n) is 5.36. The van der Waals surface area contributed by atoms with Crippen LogP contribution in [0.2, 0.25) is 0 Å². The van der Waals surface area contributed by atoms with Crippen molar-refractivity contribution < 1.29 is 18.8 Å². The molecule has 0 saturated carbocycles. The first-order valence-corrected chi connectivity index (χ1v) is 11.0. The van der Waals surface area contributed by atoms with Crippen molar-refractivity contribution in [2.45, 2.75) is 19.5 Å². The molecule has 1 aromatic heterocycles. The van der Waals surface area contributed by atoms with E-state index in [9.17, 15) is 14.4 Å². The van der Waals surface area contributed by atoms with Gasteiger partial charge >= 0.3 is 0 Å². The third kappa shape index (κ3) is 6.10. The second kappa shape index (κ2) is 11.0. The summed E-state index contributed by atoms with van der Waals surface area (Å²) in [5.74, 6) is -0.0924. The largest absolute Gasteiger partial charge is 0.467 e. The van der Waals surface area contributed by atoms with Crippen LogP contribution >= 0.6 is 0 Å². The standard InChI is InChI=1S/C27H25N3O4/c31-25(15-21-9-4-8-20-7-1-2-12-24(20)21)29-18-26(32)28-16-19-6-3-10-22(14-19)27(33)30-17-23-11-5-13-34-23/h1-14H,15-18H2,(H,28,32)(H,29,31)(H,30,33). The number of fused-ring (bicyclic) bond motifs is 1. The second-order valence-corrected chi connectivity index (χ2v) is 7.83. The van der Waals surface area contributed by atoms with Gasteiger partial charge in [0.25, 0.3) is 5.91 Å². The Hall–Kier alpha value is -4.39. The van der Waals surface area contributed by atoms with E-state index in [0.717, 1.165) is 21.9 Å². The van der Waals surface area contributed by atoms with Crippen LogP contribution in [0.1, 0.15) is 27.2 Å². The molecule has 3 aromatic carbocycles. The van der Waals surface area contributed by atoms with Crippen molar-refractivity contribution >= 4 is 28.5 Å². The maximum atomic E-state index is 12.4. The Kier molecular flexibility index (Phi) is 7.35. The van der Waals surface area contributed by atoms with Crippen molar-refractivity contribution in [1.29, 1.82) is 0 Å². The Labute approximate surface area is 197 Å². The van der Waals surface area contributed by atoms with Crippen LogP contribution in [0.4, 0.5) is 0 Å². The van der Waals surface area contributed by atoms with Gasteiger partial charge in [-0.3, -0.25) is 14.4 Å². The molecule has 0 bridgehead atoms. The highest BCUT2D eigenvalue weighted by Crippen LogP contribution is 2.18. The summed E-state index contributed by atoms with van der Waals surface area (Å²) in [5.41, 5.74) is 2.18. The number of amides is 3. The Bertz CT molecular complexity index is 1290. The second-order valence-electron chi connectivity index (χ2n) is 7.83. The lowest BCUT2D eigenvalue weighted by Crippen LogP contribution is -2.37. The molecule has 0 fully saturated rings. The summed E-state index contributed by atoms with van der Waals surface area (Å²) in [6, 6.07) is 24.3. The highest BCUT2D eigenvalue weighted by Gasteiger charge is 2.10. The van der Waals surface area contributed by atoms with E-state index in [-0.39, 0.29) is 37.2 Å². The molecule has 0 unspecified atom stereocenters. The molecule has 0 radical (unpaired) electrons. The van der Waals surface area contributed by atoms with Crippen molar-refractivity contribution in [3.63, 3.8) is 0 Å². The van der Waals surface area contributed by atoms with E-state index in [4.69, 9.17) is 4.42 Å². The van der Waals surface area contributed by atoms with Crippen LogP contribution in [0, 0.1) is 0 Å². The molecule has 0 aliphatic rings. The number of carbonyl (C=O) groups is 3. The fourth-order valence-electron chi connectivity index (χ4n) is 3.63. The molecule has 3 N–H and O–H groups in total. The SMILES string of the molecule is O=C(CNC(=O)Cc1cccc2ccccc12)NCc1cccc(C(=O)NCc2ccco2)c1. The molecule has 7 nitrogen and oxygen atoms in total. The molecular formula is C27H25N3O4. The van der Waals surface area contributed by atoms with Gasteiger partial charge in [0.05, 0.1) is 25.8 Å². The maximum absolute atomic E-state index is 12.4. The van der Waals surface area contributed by atoms with E-state index in [1.807, 2.05) is 48.5 Å². The third-order valence-corrected chi connectivity index (χ3v) is 5.36. The van der Waals surface area contributed by atoms with E-state index >= 15 is 0 Å². The smallest absolute Gasteiger partial charge is 0.251 e. The Morgan fingerprint density at radius 2 is 1.56 bits per heavy atom. The Balaban J connectivity index is 1.23. The molecular weight excluding hydrogens is 430 g/mol. The van der Waals surface area contributed by atoms with Gasteiger partial charge in [0, 0.05) is 12.1 Å². The summed E-state index contributed by atoms with van der Waals surface area (Å²) in [6.45, 7) is 0.426. The average molecular weight is 456 g/mol. The molecule has 0 spiro atoms. The van der Waals surface area contributed by atoms with Crippen molar-refractivity contribution in [3.8, 4) is 0 Å². The zero-order valence-electron chi connectivity index (χ0n) is 18.5. The Morgan fingerprint density at radius 3 is 2.41 bits per heavy atom. The highest BCUT2D eigenvalue weighted by atomic mass is 16.3. The van der Waals surface area contributed by atoms with Crippen molar-refractivity contribution in [1.82, 2.24) is 16.0 Å². The van der Waals surface area contributed by atoms with E-state index in [1.165, 1.54) is 0 Å². The van der Waals surface area contributed by atoms with Gasteiger partial charge in [-0.25, -0.2) is 0 Å². The summed E-state index contributed by atoms with van der Waals surface area (Å²) in [7, 11) is 0. The first-order chi connectivity index (χ1) is 16.6. The predicted octanol–water partition coefficient (Wildman–Crippen LogP) is 3.34. The molecule has 4 aromatic rings. The summed E-state index contributed by atoms with van der Waals surface area (Å²) >= 11 is 0. The van der Waals surface area contributed by atoms with E-state index in [0.29, 0.717) is 17.9 Å². The van der Waals surface area contributed by atoms with Crippen molar-refractivity contribution in [2.75, 3.05) is 6.54 Å². The maximum Gasteiger partial charge on any atom is 0.251 e. The van der Waals surface area contributed by atoms with Gasteiger partial charge in [-0.2, -0.15) is 0 Å². The lowest BCUT2D eigenvalue weighted by molar-refractivity contribution is -0.125. The molecule has 0 aliphatic carbocycles. The zero-order valence-corrected chi connectivity index (χ0v) is 18.5. The van der Waals surface area contributed by atoms with Gasteiger partial charge in [-0.1, -0.05) is 54.6 Å². The topological polar surface area (TPSA) is 100 Å². The molecule has 0 atom stereocenters. The summed E-state index contributed by atoms with van der Waals surface area (Å²) in [4.78, 5) is 36.9. The van der Waals surface area contributed by atoms with Crippen LogP contribution in [0.25, 0.3) is 10.8 Å². The van der Waals surface area contributed by atoms with Crippen LogP contribution < -0.4 is 16.0 Å². The minimum Gasteiger partial charge on any atom is -0.467 e. The first kappa shape index (κ1) is 22.8. The number of hydrogen-bond acceptors (Lipinski definition) is 4. The number of hydrogen-bond donors (Lipinski definition) is 3. The minimum absolute atomic E-state index is 0.118. The number of rotatable bonds is 9. The molecule has 1 heterocycles. The quantitative estimate of drug-likeness (QED) is 0.360. The fourth-order valence-corrected chi connectivity index (χ4v) is 3.63. The van der Waals surface area contributed by atoms with Gasteiger partial charge in [-0.05, 0) is 46.2 Å². The fraction of sp³-hybridized carbons (Fsp3) is 0.148. The lowest BCUT2D eigenvalue weighted by atomic mass is 10.0. The van der Waals surface area contributed by atoms with E-state index in [1.54, 1.807) is 36.6 Å². The van der Waals surface area contributed by atoms with Gasteiger partial charge < -0.3 is 20.4 Å². The summed E-state index contributed by atoms with van der Waals surface area (Å²) in [6.07, 6.45) is 1.75. The van der Waals surface area contributed by atoms with Crippen LogP contribution in [0.3, 0.4) is 0 Å². The van der Waals surface area contributed by atoms with Gasteiger partial charge in [0.2, 0.25) is 11.8 Å². The van der Waals surface area contributed by atoms with Gasteiger partial charge in [0.15, 0.2) is 0 Å². The monoisotopic (exact) mass is 455 g/mol. The number of benzene rings is 3. The van der Waals surface area contributed by atoms with Gasteiger partial charge in [0.1, 0.15) is 5.76 Å². The first-order valence-electron chi connectivity index (χ1n) is 11.0. The molecule has 0 saturated heterocycles. The summed E-state index contributed by atoms with van der Waals surface area (Å²) in [5, 5.41) is 10.3. The number of furan rings is 1.